The number of methoxy groups -OCH3 is 1. The minimum atomic E-state index is -0.537. The van der Waals surface area contributed by atoms with Gasteiger partial charge < -0.3 is 10.5 Å². The number of nitrogens with zero attached hydrogens (tertiary/aromatic N) is 3. The van der Waals surface area contributed by atoms with Crippen molar-refractivity contribution in [2.75, 3.05) is 7.11 Å². The van der Waals surface area contributed by atoms with Crippen molar-refractivity contribution in [1.82, 2.24) is 14.6 Å². The zero-order chi connectivity index (χ0) is 16.1. The Morgan fingerprint density at radius 2 is 1.86 bits per heavy atom. The summed E-state index contributed by atoms with van der Waals surface area (Å²) in [7, 11) is 1.62. The molecule has 0 aliphatic heterocycles. The first kappa shape index (κ1) is 16.2. The number of fused-ring (bicyclic) bond motifs is 1. The van der Waals surface area contributed by atoms with E-state index >= 15 is 0 Å². The van der Waals surface area contributed by atoms with Gasteiger partial charge in [-0.25, -0.2) is 9.50 Å². The van der Waals surface area contributed by atoms with Crippen molar-refractivity contribution >= 4 is 34.9 Å². The molecule has 6 nitrogen and oxygen atoms in total. The van der Waals surface area contributed by atoms with E-state index in [4.69, 9.17) is 10.5 Å². The largest absolute Gasteiger partial charge is 0.497 e. The number of primary amides is 1. The molecular weight excluding hydrogens is 320 g/mol. The predicted octanol–water partition coefficient (Wildman–Crippen LogP) is 2.26. The van der Waals surface area contributed by atoms with Gasteiger partial charge in [-0.3, -0.25) is 4.79 Å². The van der Waals surface area contributed by atoms with Crippen LogP contribution < -0.4 is 10.5 Å². The first-order valence-corrected chi connectivity index (χ1v) is 7.76. The molecule has 0 bridgehead atoms. The molecule has 0 radical (unpaired) electrons. The third-order valence-corrected chi connectivity index (χ3v) is 3.05. The van der Waals surface area contributed by atoms with Crippen LogP contribution >= 0.6 is 23.3 Å². The molecule has 0 unspecified atom stereocenters. The number of aromatic nitrogens is 3. The Hall–Kier alpha value is -2.19. The second kappa shape index (κ2) is 7.19. The van der Waals surface area contributed by atoms with Crippen molar-refractivity contribution in [2.24, 2.45) is 5.73 Å². The number of amides is 1. The average Bonchev–Trinajstić information content (AvgIpc) is 3.00. The highest BCUT2D eigenvalue weighted by molar-refractivity contribution is 8.59. The molecular formula is C14H14N4O2S2. The highest BCUT2D eigenvalue weighted by Gasteiger charge is 2.11. The van der Waals surface area contributed by atoms with Crippen LogP contribution in [0.1, 0.15) is 10.4 Å². The molecule has 1 aromatic carbocycles. The molecule has 0 fully saturated rings. The molecule has 3 aromatic rings. The van der Waals surface area contributed by atoms with Crippen LogP contribution in [-0.4, -0.2) is 27.6 Å². The van der Waals surface area contributed by atoms with E-state index < -0.39 is 5.91 Å². The summed E-state index contributed by atoms with van der Waals surface area (Å²) < 4.78 is 6.66. The van der Waals surface area contributed by atoms with Gasteiger partial charge in [0.2, 0.25) is 0 Å². The lowest BCUT2D eigenvalue weighted by molar-refractivity contribution is 0.100. The Morgan fingerprint density at radius 3 is 2.45 bits per heavy atom. The summed E-state index contributed by atoms with van der Waals surface area (Å²) in [6.07, 6.45) is 4.91. The van der Waals surface area contributed by atoms with Gasteiger partial charge in [-0.15, -0.1) is 23.3 Å². The lowest BCUT2D eigenvalue weighted by atomic mass is 10.1. The summed E-state index contributed by atoms with van der Waals surface area (Å²) in [6, 6.07) is 7.61. The summed E-state index contributed by atoms with van der Waals surface area (Å²) in [5, 5.41) is 4.09. The summed E-state index contributed by atoms with van der Waals surface area (Å²) in [5.74, 6) is 0.252. The van der Waals surface area contributed by atoms with Crippen molar-refractivity contribution in [2.45, 2.75) is 0 Å². The maximum atomic E-state index is 11.2. The molecule has 0 aliphatic carbocycles. The van der Waals surface area contributed by atoms with Crippen LogP contribution in [0.15, 0.2) is 42.9 Å². The topological polar surface area (TPSA) is 82.5 Å². The maximum absolute atomic E-state index is 11.2. The van der Waals surface area contributed by atoms with Gasteiger partial charge in [0, 0.05) is 18.0 Å². The van der Waals surface area contributed by atoms with Crippen LogP contribution in [0, 0.1) is 0 Å². The van der Waals surface area contributed by atoms with Gasteiger partial charge in [-0.2, -0.15) is 5.10 Å². The van der Waals surface area contributed by atoms with Crippen LogP contribution in [0.5, 0.6) is 5.75 Å². The number of benzene rings is 1. The molecule has 0 atom stereocenters. The standard InChI is InChI=1S/C14H12N4O2.H2S2/c1-20-11-4-2-9(3-5-11)10-6-16-14-12(13(15)19)7-17-18(14)8-10;1-2/h2-8H,1H3,(H2,15,19);1-2H. The van der Waals surface area contributed by atoms with Crippen LogP contribution in [0.3, 0.4) is 0 Å². The monoisotopic (exact) mass is 334 g/mol. The van der Waals surface area contributed by atoms with Gasteiger partial charge >= 0.3 is 0 Å². The molecule has 114 valence electrons. The Bertz CT molecular complexity index is 787. The number of thiol groups is 2. The van der Waals surface area contributed by atoms with Crippen LogP contribution in [0.4, 0.5) is 0 Å². The molecule has 1 amide bonds. The molecule has 8 heteroatoms. The fourth-order valence-corrected chi connectivity index (χ4v) is 1.98. The Balaban J connectivity index is 0.000000847. The highest BCUT2D eigenvalue weighted by atomic mass is 33.1. The average molecular weight is 334 g/mol. The molecule has 0 spiro atoms. The molecule has 22 heavy (non-hydrogen) atoms. The quantitative estimate of drug-likeness (QED) is 0.507. The van der Waals surface area contributed by atoms with E-state index in [1.807, 2.05) is 24.3 Å². The SMILES string of the molecule is COc1ccc(-c2cnc3c(C(N)=O)cnn3c2)cc1.SS. The normalized spacial score (nSPS) is 9.95. The molecule has 2 heterocycles. The fourth-order valence-electron chi connectivity index (χ4n) is 1.98. The number of carbonyl (C=O) groups excluding carboxylic acids is 1. The minimum Gasteiger partial charge on any atom is -0.497 e. The van der Waals surface area contributed by atoms with Crippen molar-refractivity contribution in [3.8, 4) is 16.9 Å². The van der Waals surface area contributed by atoms with Gasteiger partial charge in [0.05, 0.1) is 13.3 Å². The lowest BCUT2D eigenvalue weighted by Crippen LogP contribution is -2.10. The van der Waals surface area contributed by atoms with E-state index in [-0.39, 0.29) is 0 Å². The van der Waals surface area contributed by atoms with Crippen molar-refractivity contribution in [3.05, 3.63) is 48.4 Å². The Labute approximate surface area is 137 Å². The van der Waals surface area contributed by atoms with E-state index in [0.717, 1.165) is 16.9 Å². The van der Waals surface area contributed by atoms with Crippen LogP contribution in [0.2, 0.25) is 0 Å². The van der Waals surface area contributed by atoms with Gasteiger partial charge in [-0.05, 0) is 17.7 Å². The zero-order valence-electron chi connectivity index (χ0n) is 11.7. The number of hydrogen-bond acceptors (Lipinski definition) is 6. The van der Waals surface area contributed by atoms with Gasteiger partial charge in [0.1, 0.15) is 11.3 Å². The Morgan fingerprint density at radius 1 is 1.18 bits per heavy atom. The summed E-state index contributed by atoms with van der Waals surface area (Å²) in [6.45, 7) is 0. The number of carbonyl (C=O) groups is 1. The van der Waals surface area contributed by atoms with Crippen molar-refractivity contribution in [3.63, 3.8) is 0 Å². The smallest absolute Gasteiger partial charge is 0.254 e. The number of hydrogen-bond donors (Lipinski definition) is 3. The third-order valence-electron chi connectivity index (χ3n) is 3.05. The van der Waals surface area contributed by atoms with Crippen LogP contribution in [-0.2, 0) is 0 Å². The van der Waals surface area contributed by atoms with E-state index in [2.05, 4.69) is 33.4 Å². The second-order valence-electron chi connectivity index (χ2n) is 4.26. The predicted molar refractivity (Wildman–Crippen MR) is 91.5 cm³/mol. The number of nitrogens with two attached hydrogens (primary N) is 1. The van der Waals surface area contributed by atoms with Gasteiger partial charge in [-0.1, -0.05) is 12.1 Å². The van der Waals surface area contributed by atoms with E-state index in [0.29, 0.717) is 11.2 Å². The van der Waals surface area contributed by atoms with Crippen molar-refractivity contribution in [1.29, 1.82) is 0 Å². The number of rotatable bonds is 3. The summed E-state index contributed by atoms with van der Waals surface area (Å²) in [4.78, 5) is 15.5. The van der Waals surface area contributed by atoms with Gasteiger partial charge in [0.25, 0.3) is 5.91 Å². The minimum absolute atomic E-state index is 0.311. The zero-order valence-corrected chi connectivity index (χ0v) is 13.5. The lowest BCUT2D eigenvalue weighted by Gasteiger charge is -2.04. The highest BCUT2D eigenvalue weighted by Crippen LogP contribution is 2.22. The number of ether oxygens (including phenoxy) is 1. The van der Waals surface area contributed by atoms with Crippen molar-refractivity contribution < 1.29 is 9.53 Å². The molecule has 0 saturated carbocycles. The second-order valence-corrected chi connectivity index (χ2v) is 4.26. The first-order valence-electron chi connectivity index (χ1n) is 6.16. The van der Waals surface area contributed by atoms with E-state index in [1.54, 1.807) is 24.0 Å². The molecule has 0 aliphatic rings. The summed E-state index contributed by atoms with van der Waals surface area (Å²) in [5.41, 5.74) is 7.90. The summed E-state index contributed by atoms with van der Waals surface area (Å²) >= 11 is 6.44. The maximum Gasteiger partial charge on any atom is 0.254 e. The van der Waals surface area contributed by atoms with Crippen LogP contribution in [0.25, 0.3) is 16.8 Å². The Kier molecular flexibility index (Phi) is 5.29. The van der Waals surface area contributed by atoms with Gasteiger partial charge in [0.15, 0.2) is 5.65 Å². The van der Waals surface area contributed by atoms with E-state index in [1.165, 1.54) is 6.20 Å². The van der Waals surface area contributed by atoms with E-state index in [9.17, 15) is 4.79 Å². The third kappa shape index (κ3) is 3.18. The fraction of sp³-hybridized carbons (Fsp3) is 0.0714. The molecule has 2 N–H and O–H groups in total. The molecule has 0 saturated heterocycles. The molecule has 2 aromatic heterocycles. The molecule has 3 rings (SSSR count). The first-order chi connectivity index (χ1) is 10.7.